The van der Waals surface area contributed by atoms with Crippen LogP contribution in [0.3, 0.4) is 0 Å². The number of carbonyl (C=O) groups excluding carboxylic acids is 1. The molecular weight excluding hydrogens is 238 g/mol. The lowest BCUT2D eigenvalue weighted by atomic mass is 10.0. The molecular formula is C15H15N3O. The Labute approximate surface area is 112 Å². The molecule has 2 aromatic rings. The molecule has 0 spiro atoms. The molecule has 0 fully saturated rings. The van der Waals surface area contributed by atoms with E-state index in [-0.39, 0.29) is 12.5 Å². The van der Waals surface area contributed by atoms with Crippen molar-refractivity contribution in [2.24, 2.45) is 0 Å². The Balaban J connectivity index is 2.35. The number of nitrogens with one attached hydrogen (secondary N) is 1. The summed E-state index contributed by atoms with van der Waals surface area (Å²) in [4.78, 5) is 13.1. The highest BCUT2D eigenvalue weighted by molar-refractivity contribution is 5.98. The molecule has 2 rings (SSSR count). The van der Waals surface area contributed by atoms with Gasteiger partial charge < -0.3 is 10.2 Å². The summed E-state index contributed by atoms with van der Waals surface area (Å²) >= 11 is 0. The van der Waals surface area contributed by atoms with Gasteiger partial charge in [0.2, 0.25) is 5.91 Å². The zero-order chi connectivity index (χ0) is 13.8. The number of nitriles is 1. The number of carbonyl (C=O) groups is 1. The summed E-state index contributed by atoms with van der Waals surface area (Å²) in [7, 11) is 3.45. The molecule has 0 unspecified atom stereocenters. The minimum atomic E-state index is 0.00782. The predicted molar refractivity (Wildman–Crippen MR) is 75.8 cm³/mol. The molecule has 1 amide bonds. The summed E-state index contributed by atoms with van der Waals surface area (Å²) in [6, 6.07) is 13.5. The van der Waals surface area contributed by atoms with Gasteiger partial charge in [-0.25, -0.2) is 0 Å². The lowest BCUT2D eigenvalue weighted by Gasteiger charge is -2.13. The van der Waals surface area contributed by atoms with Gasteiger partial charge in [0.15, 0.2) is 0 Å². The zero-order valence-corrected chi connectivity index (χ0v) is 11.0. The van der Waals surface area contributed by atoms with Crippen molar-refractivity contribution in [3.8, 4) is 6.07 Å². The first kappa shape index (κ1) is 12.9. The standard InChI is InChI=1S/C15H15N3O/c1-18(2)15(19)10-17-14-8-7-11(9-16)12-5-3-4-6-13(12)14/h3-8,17H,10H2,1-2H3. The summed E-state index contributed by atoms with van der Waals surface area (Å²) in [5.74, 6) is 0.00782. The number of hydrogen-bond acceptors (Lipinski definition) is 3. The average molecular weight is 253 g/mol. The van der Waals surface area contributed by atoms with Crippen molar-refractivity contribution in [1.29, 1.82) is 5.26 Å². The Morgan fingerprint density at radius 3 is 2.53 bits per heavy atom. The van der Waals surface area contributed by atoms with Crippen LogP contribution in [0.5, 0.6) is 0 Å². The Morgan fingerprint density at radius 1 is 1.21 bits per heavy atom. The first-order chi connectivity index (χ1) is 9.13. The van der Waals surface area contributed by atoms with Crippen LogP contribution in [0.1, 0.15) is 5.56 Å². The van der Waals surface area contributed by atoms with Gasteiger partial charge in [-0.05, 0) is 12.1 Å². The summed E-state index contributed by atoms with van der Waals surface area (Å²) in [5, 5.41) is 14.1. The Hall–Kier alpha value is -2.54. The number of nitrogens with zero attached hydrogens (tertiary/aromatic N) is 2. The third kappa shape index (κ3) is 2.66. The molecule has 0 bridgehead atoms. The average Bonchev–Trinajstić information content (AvgIpc) is 2.44. The van der Waals surface area contributed by atoms with Crippen molar-refractivity contribution in [3.05, 3.63) is 42.0 Å². The second-order valence-electron chi connectivity index (χ2n) is 4.46. The number of anilines is 1. The van der Waals surface area contributed by atoms with Gasteiger partial charge in [-0.1, -0.05) is 24.3 Å². The minimum absolute atomic E-state index is 0.00782. The largest absolute Gasteiger partial charge is 0.376 e. The molecule has 96 valence electrons. The maximum atomic E-state index is 11.6. The van der Waals surface area contributed by atoms with Crippen molar-refractivity contribution >= 4 is 22.4 Å². The van der Waals surface area contributed by atoms with E-state index in [1.54, 1.807) is 25.1 Å². The van der Waals surface area contributed by atoms with Crippen LogP contribution in [0.25, 0.3) is 10.8 Å². The van der Waals surface area contributed by atoms with E-state index in [9.17, 15) is 4.79 Å². The minimum Gasteiger partial charge on any atom is -0.376 e. The molecule has 0 heterocycles. The molecule has 4 heteroatoms. The molecule has 0 aliphatic heterocycles. The van der Waals surface area contributed by atoms with Crippen molar-refractivity contribution < 1.29 is 4.79 Å². The third-order valence-corrected chi connectivity index (χ3v) is 2.97. The Morgan fingerprint density at radius 2 is 1.89 bits per heavy atom. The van der Waals surface area contributed by atoms with Crippen LogP contribution in [0.2, 0.25) is 0 Å². The molecule has 0 aromatic heterocycles. The van der Waals surface area contributed by atoms with Gasteiger partial charge in [-0.3, -0.25) is 4.79 Å². The molecule has 0 saturated carbocycles. The summed E-state index contributed by atoms with van der Waals surface area (Å²) in [6.07, 6.45) is 0. The lowest BCUT2D eigenvalue weighted by Crippen LogP contribution is -2.28. The molecule has 0 radical (unpaired) electrons. The van der Waals surface area contributed by atoms with Gasteiger partial charge >= 0.3 is 0 Å². The topological polar surface area (TPSA) is 56.1 Å². The van der Waals surface area contributed by atoms with Gasteiger partial charge in [0.1, 0.15) is 0 Å². The highest BCUT2D eigenvalue weighted by Gasteiger charge is 2.07. The van der Waals surface area contributed by atoms with Crippen LogP contribution >= 0.6 is 0 Å². The smallest absolute Gasteiger partial charge is 0.241 e. The maximum Gasteiger partial charge on any atom is 0.241 e. The van der Waals surface area contributed by atoms with Crippen LogP contribution in [0.15, 0.2) is 36.4 Å². The predicted octanol–water partition coefficient (Wildman–Crippen LogP) is 2.21. The van der Waals surface area contributed by atoms with Crippen molar-refractivity contribution in [2.75, 3.05) is 26.0 Å². The molecule has 0 atom stereocenters. The van der Waals surface area contributed by atoms with Gasteiger partial charge in [0.25, 0.3) is 0 Å². The van der Waals surface area contributed by atoms with E-state index in [1.807, 2.05) is 30.3 Å². The maximum absolute atomic E-state index is 11.6. The fourth-order valence-corrected chi connectivity index (χ4v) is 1.88. The second kappa shape index (κ2) is 5.40. The molecule has 1 N–H and O–H groups in total. The Kier molecular flexibility index (Phi) is 3.67. The van der Waals surface area contributed by atoms with Crippen molar-refractivity contribution in [1.82, 2.24) is 4.90 Å². The molecule has 0 aliphatic rings. The number of hydrogen-bond donors (Lipinski definition) is 1. The Bertz CT molecular complexity index is 656. The van der Waals surface area contributed by atoms with E-state index in [0.717, 1.165) is 16.5 Å². The van der Waals surface area contributed by atoms with E-state index in [0.29, 0.717) is 5.56 Å². The first-order valence-electron chi connectivity index (χ1n) is 5.99. The van der Waals surface area contributed by atoms with Crippen LogP contribution in [-0.4, -0.2) is 31.4 Å². The van der Waals surface area contributed by atoms with Crippen LogP contribution in [0, 0.1) is 11.3 Å². The number of likely N-dealkylation sites (N-methyl/N-ethyl adjacent to an activating group) is 1. The van der Waals surface area contributed by atoms with Gasteiger partial charge in [-0.2, -0.15) is 5.26 Å². The zero-order valence-electron chi connectivity index (χ0n) is 11.0. The molecule has 19 heavy (non-hydrogen) atoms. The second-order valence-corrected chi connectivity index (χ2v) is 4.46. The monoisotopic (exact) mass is 253 g/mol. The van der Waals surface area contributed by atoms with Crippen LogP contribution in [-0.2, 0) is 4.79 Å². The summed E-state index contributed by atoms with van der Waals surface area (Å²) < 4.78 is 0. The number of benzene rings is 2. The number of fused-ring (bicyclic) bond motifs is 1. The number of amides is 1. The highest BCUT2D eigenvalue weighted by atomic mass is 16.2. The van der Waals surface area contributed by atoms with Gasteiger partial charge in [0.05, 0.1) is 18.2 Å². The van der Waals surface area contributed by atoms with E-state index in [4.69, 9.17) is 5.26 Å². The van der Waals surface area contributed by atoms with Gasteiger partial charge in [0, 0.05) is 30.6 Å². The molecule has 4 nitrogen and oxygen atoms in total. The number of rotatable bonds is 3. The van der Waals surface area contributed by atoms with E-state index in [2.05, 4.69) is 11.4 Å². The van der Waals surface area contributed by atoms with E-state index >= 15 is 0 Å². The van der Waals surface area contributed by atoms with E-state index < -0.39 is 0 Å². The first-order valence-corrected chi connectivity index (χ1v) is 5.99. The fraction of sp³-hybridized carbons (Fsp3) is 0.200. The van der Waals surface area contributed by atoms with Crippen molar-refractivity contribution in [2.45, 2.75) is 0 Å². The molecule has 0 saturated heterocycles. The normalized spacial score (nSPS) is 9.95. The molecule has 2 aromatic carbocycles. The summed E-state index contributed by atoms with van der Waals surface area (Å²) in [5.41, 5.74) is 1.50. The third-order valence-electron chi connectivity index (χ3n) is 2.97. The highest BCUT2D eigenvalue weighted by Crippen LogP contribution is 2.26. The molecule has 0 aliphatic carbocycles. The quantitative estimate of drug-likeness (QED) is 0.912. The summed E-state index contributed by atoms with van der Waals surface area (Å²) in [6.45, 7) is 0.239. The lowest BCUT2D eigenvalue weighted by molar-refractivity contribution is -0.126. The van der Waals surface area contributed by atoms with Crippen LogP contribution < -0.4 is 5.32 Å². The SMILES string of the molecule is CN(C)C(=O)CNc1ccc(C#N)c2ccccc12. The van der Waals surface area contributed by atoms with Gasteiger partial charge in [-0.15, -0.1) is 0 Å². The van der Waals surface area contributed by atoms with Crippen molar-refractivity contribution in [3.63, 3.8) is 0 Å². The van der Waals surface area contributed by atoms with E-state index in [1.165, 1.54) is 0 Å². The fourth-order valence-electron chi connectivity index (χ4n) is 1.88. The van der Waals surface area contributed by atoms with Crippen LogP contribution in [0.4, 0.5) is 5.69 Å².